The topological polar surface area (TPSA) is 39.8 Å². The van der Waals surface area contributed by atoms with E-state index in [2.05, 4.69) is 5.10 Å². The van der Waals surface area contributed by atoms with Crippen LogP contribution in [0.2, 0.25) is 0 Å². The summed E-state index contributed by atoms with van der Waals surface area (Å²) in [5, 5.41) is 7.53. The van der Waals surface area contributed by atoms with Crippen molar-refractivity contribution in [1.29, 1.82) is 0 Å². The van der Waals surface area contributed by atoms with E-state index in [-0.39, 0.29) is 5.56 Å². The summed E-state index contributed by atoms with van der Waals surface area (Å²) < 4.78 is 3.85. The number of rotatable bonds is 0. The molecule has 0 spiro atoms. The van der Waals surface area contributed by atoms with Crippen LogP contribution >= 0.6 is 0 Å². The number of pyridine rings is 1. The fourth-order valence-corrected chi connectivity index (χ4v) is 3.03. The Balaban J connectivity index is 2.41. The van der Waals surface area contributed by atoms with Gasteiger partial charge in [0.1, 0.15) is 5.65 Å². The van der Waals surface area contributed by atoms with Gasteiger partial charge >= 0.3 is 0 Å². The zero-order valence-corrected chi connectivity index (χ0v) is 10.2. The average molecular weight is 239 g/mol. The molecule has 4 heteroatoms. The lowest BCUT2D eigenvalue weighted by Gasteiger charge is -2.17. The Morgan fingerprint density at radius 2 is 1.94 bits per heavy atom. The van der Waals surface area contributed by atoms with Crippen molar-refractivity contribution in [2.45, 2.75) is 26.4 Å². The number of hydrogen-bond acceptors (Lipinski definition) is 2. The maximum Gasteiger partial charge on any atom is 0.260 e. The van der Waals surface area contributed by atoms with E-state index >= 15 is 0 Å². The fraction of sp³-hybridized carbons (Fsp3) is 0.286. The Morgan fingerprint density at radius 3 is 2.78 bits per heavy atom. The van der Waals surface area contributed by atoms with Gasteiger partial charge in [-0.2, -0.15) is 5.10 Å². The molecule has 0 aliphatic carbocycles. The summed E-state index contributed by atoms with van der Waals surface area (Å²) >= 11 is 0. The lowest BCUT2D eigenvalue weighted by atomic mass is 10.1. The summed E-state index contributed by atoms with van der Waals surface area (Å²) in [5.74, 6) is 0. The van der Waals surface area contributed by atoms with Gasteiger partial charge in [0.05, 0.1) is 5.69 Å². The standard InChI is InChI=1S/C14H13N3O/c1-9-12-10-5-2-3-6-11(10)14(18)16-7-4-8-17(15-9)13(12)16/h2-3,5-6H,4,7-8H2,1H3. The third-order valence-corrected chi connectivity index (χ3v) is 3.78. The quantitative estimate of drug-likeness (QED) is 0.602. The normalized spacial score (nSPS) is 14.5. The number of benzene rings is 1. The zero-order valence-electron chi connectivity index (χ0n) is 10.2. The van der Waals surface area contributed by atoms with Gasteiger partial charge in [-0.05, 0) is 19.4 Å². The van der Waals surface area contributed by atoms with Crippen LogP contribution < -0.4 is 5.56 Å². The Hall–Kier alpha value is -2.10. The molecule has 0 saturated carbocycles. The van der Waals surface area contributed by atoms with E-state index in [0.717, 1.165) is 47.0 Å². The number of aryl methyl sites for hydroxylation is 3. The zero-order chi connectivity index (χ0) is 12.3. The maximum atomic E-state index is 12.5. The first-order chi connectivity index (χ1) is 8.77. The molecule has 3 aromatic rings. The molecule has 1 aliphatic rings. The summed E-state index contributed by atoms with van der Waals surface area (Å²) in [6.45, 7) is 3.72. The molecule has 0 fully saturated rings. The van der Waals surface area contributed by atoms with Crippen LogP contribution in [0.4, 0.5) is 0 Å². The first-order valence-corrected chi connectivity index (χ1v) is 6.26. The second kappa shape index (κ2) is 3.22. The minimum Gasteiger partial charge on any atom is -0.292 e. The fourth-order valence-electron chi connectivity index (χ4n) is 3.03. The molecule has 0 bridgehead atoms. The Labute approximate surface area is 103 Å². The van der Waals surface area contributed by atoms with Crippen LogP contribution in [0.25, 0.3) is 21.8 Å². The molecular formula is C14H13N3O. The number of nitrogens with zero attached hydrogens (tertiary/aromatic N) is 3. The monoisotopic (exact) mass is 239 g/mol. The van der Waals surface area contributed by atoms with Gasteiger partial charge in [0.25, 0.3) is 5.56 Å². The molecule has 90 valence electrons. The van der Waals surface area contributed by atoms with E-state index < -0.39 is 0 Å². The first-order valence-electron chi connectivity index (χ1n) is 6.26. The molecule has 0 atom stereocenters. The molecule has 3 heterocycles. The smallest absolute Gasteiger partial charge is 0.260 e. The molecule has 0 N–H and O–H groups in total. The minimum absolute atomic E-state index is 0.110. The summed E-state index contributed by atoms with van der Waals surface area (Å²) in [4.78, 5) is 12.5. The lowest BCUT2D eigenvalue weighted by Crippen LogP contribution is -2.26. The number of fused-ring (bicyclic) bond motifs is 2. The Morgan fingerprint density at radius 1 is 1.17 bits per heavy atom. The molecule has 0 amide bonds. The van der Waals surface area contributed by atoms with Crippen molar-refractivity contribution in [3.8, 4) is 0 Å². The van der Waals surface area contributed by atoms with E-state index in [9.17, 15) is 4.79 Å². The highest BCUT2D eigenvalue weighted by Crippen LogP contribution is 2.27. The summed E-state index contributed by atoms with van der Waals surface area (Å²) in [6.07, 6.45) is 0.974. The van der Waals surface area contributed by atoms with E-state index in [1.165, 1.54) is 0 Å². The van der Waals surface area contributed by atoms with Crippen LogP contribution in [0.3, 0.4) is 0 Å². The molecular weight excluding hydrogens is 226 g/mol. The van der Waals surface area contributed by atoms with Crippen LogP contribution in [-0.4, -0.2) is 14.3 Å². The van der Waals surface area contributed by atoms with Crippen molar-refractivity contribution >= 4 is 21.8 Å². The van der Waals surface area contributed by atoms with Crippen molar-refractivity contribution in [3.05, 3.63) is 40.3 Å². The molecule has 4 nitrogen and oxygen atoms in total. The number of hydrogen-bond donors (Lipinski definition) is 0. The second-order valence-electron chi connectivity index (χ2n) is 4.86. The first kappa shape index (κ1) is 9.88. The average Bonchev–Trinajstić information content (AvgIpc) is 2.73. The van der Waals surface area contributed by atoms with Crippen molar-refractivity contribution < 1.29 is 0 Å². The summed E-state index contributed by atoms with van der Waals surface area (Å²) in [6, 6.07) is 7.83. The van der Waals surface area contributed by atoms with Gasteiger partial charge in [0.15, 0.2) is 0 Å². The largest absolute Gasteiger partial charge is 0.292 e. The highest BCUT2D eigenvalue weighted by molar-refractivity contribution is 6.06. The van der Waals surface area contributed by atoms with E-state index in [1.807, 2.05) is 40.4 Å². The third kappa shape index (κ3) is 1.05. The second-order valence-corrected chi connectivity index (χ2v) is 4.86. The predicted molar refractivity (Wildman–Crippen MR) is 70.9 cm³/mol. The summed E-state index contributed by atoms with van der Waals surface area (Å²) in [7, 11) is 0. The van der Waals surface area contributed by atoms with Gasteiger partial charge in [-0.15, -0.1) is 0 Å². The van der Waals surface area contributed by atoms with Crippen molar-refractivity contribution in [3.63, 3.8) is 0 Å². The SMILES string of the molecule is Cc1nn2c3c1c1ccccc1c(=O)n3CCC2. The van der Waals surface area contributed by atoms with Crippen LogP contribution in [0, 0.1) is 6.92 Å². The molecule has 4 rings (SSSR count). The van der Waals surface area contributed by atoms with E-state index in [0.29, 0.717) is 0 Å². The van der Waals surface area contributed by atoms with Gasteiger partial charge < -0.3 is 0 Å². The predicted octanol–water partition coefficient (Wildman–Crippen LogP) is 2.06. The van der Waals surface area contributed by atoms with Crippen LogP contribution in [0.1, 0.15) is 12.1 Å². The van der Waals surface area contributed by atoms with Crippen molar-refractivity contribution in [2.24, 2.45) is 0 Å². The number of aromatic nitrogens is 3. The van der Waals surface area contributed by atoms with Crippen LogP contribution in [-0.2, 0) is 13.1 Å². The lowest BCUT2D eigenvalue weighted by molar-refractivity contribution is 0.484. The third-order valence-electron chi connectivity index (χ3n) is 3.78. The molecule has 1 aliphatic heterocycles. The molecule has 0 saturated heterocycles. The van der Waals surface area contributed by atoms with Gasteiger partial charge in [0, 0.05) is 29.2 Å². The van der Waals surface area contributed by atoms with E-state index in [4.69, 9.17) is 0 Å². The molecule has 2 aromatic heterocycles. The molecule has 0 radical (unpaired) electrons. The maximum absolute atomic E-state index is 12.5. The highest BCUT2D eigenvalue weighted by Gasteiger charge is 2.20. The van der Waals surface area contributed by atoms with Crippen molar-refractivity contribution in [1.82, 2.24) is 14.3 Å². The van der Waals surface area contributed by atoms with Crippen molar-refractivity contribution in [2.75, 3.05) is 0 Å². The van der Waals surface area contributed by atoms with Gasteiger partial charge in [-0.25, -0.2) is 4.68 Å². The molecule has 1 aromatic carbocycles. The Kier molecular flexibility index (Phi) is 1.77. The van der Waals surface area contributed by atoms with Crippen LogP contribution in [0.5, 0.6) is 0 Å². The van der Waals surface area contributed by atoms with Gasteiger partial charge in [-0.1, -0.05) is 18.2 Å². The highest BCUT2D eigenvalue weighted by atomic mass is 16.1. The molecule has 18 heavy (non-hydrogen) atoms. The van der Waals surface area contributed by atoms with Gasteiger partial charge in [0.2, 0.25) is 0 Å². The van der Waals surface area contributed by atoms with Gasteiger partial charge in [-0.3, -0.25) is 9.36 Å². The Bertz CT molecular complexity index is 841. The summed E-state index contributed by atoms with van der Waals surface area (Å²) in [5.41, 5.74) is 2.11. The van der Waals surface area contributed by atoms with Crippen LogP contribution in [0.15, 0.2) is 29.1 Å². The van der Waals surface area contributed by atoms with E-state index in [1.54, 1.807) is 0 Å². The molecule has 0 unspecified atom stereocenters. The minimum atomic E-state index is 0.110.